The molecule has 0 bridgehead atoms. The van der Waals surface area contributed by atoms with Gasteiger partial charge >= 0.3 is 0 Å². The standard InChI is InChI=1S/C13H15N3O3S2/c17-13(10-8-14-9-15-10)16-4-3-12(11-2-1-6-20-11)21(18,19)7-5-16/h1-2,6,8-9,12H,3-5,7H2,(H,14,15)/t12-/m0/s1. The van der Waals surface area contributed by atoms with Gasteiger partial charge in [0, 0.05) is 18.0 Å². The zero-order valence-electron chi connectivity index (χ0n) is 11.2. The third kappa shape index (κ3) is 2.86. The minimum atomic E-state index is -3.23. The number of sulfone groups is 1. The first-order valence-electron chi connectivity index (χ1n) is 6.60. The molecule has 0 spiro atoms. The number of carbonyl (C=O) groups is 1. The van der Waals surface area contributed by atoms with Crippen LogP contribution in [0.25, 0.3) is 0 Å². The molecule has 21 heavy (non-hydrogen) atoms. The molecule has 1 fully saturated rings. The van der Waals surface area contributed by atoms with Crippen molar-refractivity contribution in [3.8, 4) is 0 Å². The van der Waals surface area contributed by atoms with Gasteiger partial charge < -0.3 is 9.88 Å². The lowest BCUT2D eigenvalue weighted by Crippen LogP contribution is -2.33. The molecule has 0 aromatic carbocycles. The fourth-order valence-corrected chi connectivity index (χ4v) is 5.49. The lowest BCUT2D eigenvalue weighted by molar-refractivity contribution is 0.0761. The quantitative estimate of drug-likeness (QED) is 0.906. The largest absolute Gasteiger partial charge is 0.341 e. The summed E-state index contributed by atoms with van der Waals surface area (Å²) < 4.78 is 24.8. The summed E-state index contributed by atoms with van der Waals surface area (Å²) in [6.07, 6.45) is 3.33. The minimum Gasteiger partial charge on any atom is -0.341 e. The highest BCUT2D eigenvalue weighted by molar-refractivity contribution is 7.91. The molecule has 8 heteroatoms. The molecule has 1 aliphatic rings. The molecular weight excluding hydrogens is 310 g/mol. The molecule has 1 amide bonds. The minimum absolute atomic E-state index is 0.00452. The third-order valence-electron chi connectivity index (χ3n) is 3.62. The van der Waals surface area contributed by atoms with Crippen LogP contribution in [0.1, 0.15) is 27.0 Å². The van der Waals surface area contributed by atoms with E-state index >= 15 is 0 Å². The fraction of sp³-hybridized carbons (Fsp3) is 0.385. The van der Waals surface area contributed by atoms with Gasteiger partial charge in [-0.05, 0) is 17.9 Å². The SMILES string of the molecule is O=C(c1cnc[nH]1)N1CC[C@@H](c2cccs2)S(=O)(=O)CC1. The van der Waals surface area contributed by atoms with Gasteiger partial charge in [0.1, 0.15) is 5.69 Å². The number of imidazole rings is 1. The van der Waals surface area contributed by atoms with Crippen molar-refractivity contribution in [1.82, 2.24) is 14.9 Å². The van der Waals surface area contributed by atoms with E-state index in [1.54, 1.807) is 4.90 Å². The molecule has 0 aliphatic carbocycles. The first-order valence-corrected chi connectivity index (χ1v) is 9.20. The molecule has 1 atom stereocenters. The summed E-state index contributed by atoms with van der Waals surface area (Å²) in [5.74, 6) is -0.204. The normalized spacial score (nSPS) is 21.9. The van der Waals surface area contributed by atoms with E-state index in [4.69, 9.17) is 0 Å². The summed E-state index contributed by atoms with van der Waals surface area (Å²) in [4.78, 5) is 21.3. The molecule has 1 saturated heterocycles. The Morgan fingerprint density at radius 1 is 1.43 bits per heavy atom. The summed E-state index contributed by atoms with van der Waals surface area (Å²) >= 11 is 1.45. The Hall–Kier alpha value is -1.67. The van der Waals surface area contributed by atoms with Crippen molar-refractivity contribution in [2.24, 2.45) is 0 Å². The van der Waals surface area contributed by atoms with Gasteiger partial charge in [-0.3, -0.25) is 4.79 Å². The Morgan fingerprint density at radius 3 is 2.95 bits per heavy atom. The van der Waals surface area contributed by atoms with E-state index in [0.717, 1.165) is 4.88 Å². The van der Waals surface area contributed by atoms with Crippen molar-refractivity contribution in [1.29, 1.82) is 0 Å². The number of aromatic amines is 1. The molecule has 112 valence electrons. The maximum absolute atomic E-state index is 12.4. The van der Waals surface area contributed by atoms with E-state index < -0.39 is 15.1 Å². The maximum Gasteiger partial charge on any atom is 0.271 e. The number of thiophene rings is 1. The number of hydrogen-bond acceptors (Lipinski definition) is 5. The molecule has 2 aromatic rings. The van der Waals surface area contributed by atoms with Gasteiger partial charge in [-0.2, -0.15) is 0 Å². The number of aromatic nitrogens is 2. The van der Waals surface area contributed by atoms with Crippen LogP contribution < -0.4 is 0 Å². The summed E-state index contributed by atoms with van der Waals surface area (Å²) in [5, 5.41) is 1.38. The number of rotatable bonds is 2. The molecule has 1 aliphatic heterocycles. The lowest BCUT2D eigenvalue weighted by Gasteiger charge is -2.18. The second-order valence-electron chi connectivity index (χ2n) is 4.92. The van der Waals surface area contributed by atoms with E-state index in [9.17, 15) is 13.2 Å². The lowest BCUT2D eigenvalue weighted by atomic mass is 10.2. The van der Waals surface area contributed by atoms with E-state index in [2.05, 4.69) is 9.97 Å². The molecule has 3 heterocycles. The average Bonchev–Trinajstić information content (AvgIpc) is 3.12. The van der Waals surface area contributed by atoms with E-state index in [1.807, 2.05) is 17.5 Å². The maximum atomic E-state index is 12.4. The van der Waals surface area contributed by atoms with Crippen LogP contribution in [-0.2, 0) is 9.84 Å². The number of hydrogen-bond donors (Lipinski definition) is 1. The van der Waals surface area contributed by atoms with Crippen molar-refractivity contribution in [3.63, 3.8) is 0 Å². The zero-order chi connectivity index (χ0) is 14.9. The molecule has 2 aromatic heterocycles. The Balaban J connectivity index is 1.81. The number of nitrogens with one attached hydrogen (secondary N) is 1. The molecule has 0 radical (unpaired) electrons. The molecule has 0 unspecified atom stereocenters. The second kappa shape index (κ2) is 5.61. The second-order valence-corrected chi connectivity index (χ2v) is 8.20. The first-order chi connectivity index (χ1) is 10.1. The predicted octanol–water partition coefficient (Wildman–Crippen LogP) is 1.47. The highest BCUT2D eigenvalue weighted by Crippen LogP contribution is 2.32. The Bertz CT molecular complexity index is 708. The molecule has 6 nitrogen and oxygen atoms in total. The summed E-state index contributed by atoms with van der Waals surface area (Å²) in [7, 11) is -3.23. The molecular formula is C13H15N3O3S2. The van der Waals surface area contributed by atoms with E-state index in [0.29, 0.717) is 18.7 Å². The highest BCUT2D eigenvalue weighted by atomic mass is 32.2. The number of amides is 1. The predicted molar refractivity (Wildman–Crippen MR) is 80.0 cm³/mol. The van der Waals surface area contributed by atoms with Gasteiger partial charge in [0.2, 0.25) is 0 Å². The Morgan fingerprint density at radius 2 is 2.29 bits per heavy atom. The summed E-state index contributed by atoms with van der Waals surface area (Å²) in [6, 6.07) is 3.70. The van der Waals surface area contributed by atoms with Crippen molar-refractivity contribution < 1.29 is 13.2 Å². The van der Waals surface area contributed by atoms with Crippen LogP contribution in [-0.4, -0.2) is 48.0 Å². The number of carbonyl (C=O) groups excluding carboxylic acids is 1. The Labute approximate surface area is 126 Å². The van der Waals surface area contributed by atoms with Gasteiger partial charge in [0.25, 0.3) is 5.91 Å². The van der Waals surface area contributed by atoms with Crippen molar-refractivity contribution in [3.05, 3.63) is 40.6 Å². The van der Waals surface area contributed by atoms with Gasteiger partial charge in [-0.15, -0.1) is 11.3 Å². The number of nitrogens with zero attached hydrogens (tertiary/aromatic N) is 2. The Kier molecular flexibility index (Phi) is 3.81. The van der Waals surface area contributed by atoms with Crippen LogP contribution in [0.15, 0.2) is 30.0 Å². The van der Waals surface area contributed by atoms with E-state index in [1.165, 1.54) is 23.9 Å². The first kappa shape index (κ1) is 14.3. The van der Waals surface area contributed by atoms with Crippen LogP contribution in [0.2, 0.25) is 0 Å². The van der Waals surface area contributed by atoms with Crippen molar-refractivity contribution in [2.45, 2.75) is 11.7 Å². The van der Waals surface area contributed by atoms with Gasteiger partial charge in [0.15, 0.2) is 9.84 Å². The third-order valence-corrected chi connectivity index (χ3v) is 6.86. The van der Waals surface area contributed by atoms with Crippen molar-refractivity contribution >= 4 is 27.1 Å². The van der Waals surface area contributed by atoms with Crippen LogP contribution in [0.3, 0.4) is 0 Å². The summed E-state index contributed by atoms with van der Waals surface area (Å²) in [6.45, 7) is 0.654. The van der Waals surface area contributed by atoms with Crippen LogP contribution in [0.5, 0.6) is 0 Å². The molecule has 3 rings (SSSR count). The zero-order valence-corrected chi connectivity index (χ0v) is 12.9. The van der Waals surface area contributed by atoms with Gasteiger partial charge in [-0.25, -0.2) is 13.4 Å². The van der Waals surface area contributed by atoms with E-state index in [-0.39, 0.29) is 18.2 Å². The molecule has 0 saturated carbocycles. The smallest absolute Gasteiger partial charge is 0.271 e. The molecule has 1 N–H and O–H groups in total. The monoisotopic (exact) mass is 325 g/mol. The summed E-state index contributed by atoms with van der Waals surface area (Å²) in [5.41, 5.74) is 0.391. The van der Waals surface area contributed by atoms with Crippen LogP contribution >= 0.6 is 11.3 Å². The van der Waals surface area contributed by atoms with Gasteiger partial charge in [-0.1, -0.05) is 6.07 Å². The average molecular weight is 325 g/mol. The van der Waals surface area contributed by atoms with Crippen LogP contribution in [0.4, 0.5) is 0 Å². The number of H-pyrrole nitrogens is 1. The topological polar surface area (TPSA) is 83.1 Å². The van der Waals surface area contributed by atoms with Gasteiger partial charge in [0.05, 0.1) is 23.5 Å². The van der Waals surface area contributed by atoms with Crippen LogP contribution in [0, 0.1) is 0 Å². The van der Waals surface area contributed by atoms with Crippen molar-refractivity contribution in [2.75, 3.05) is 18.8 Å². The fourth-order valence-electron chi connectivity index (χ4n) is 2.48. The highest BCUT2D eigenvalue weighted by Gasteiger charge is 2.33.